The van der Waals surface area contributed by atoms with Crippen molar-refractivity contribution in [3.05, 3.63) is 53.6 Å². The van der Waals surface area contributed by atoms with Crippen molar-refractivity contribution in [2.75, 3.05) is 20.8 Å². The lowest BCUT2D eigenvalue weighted by Gasteiger charge is -2.23. The first kappa shape index (κ1) is 30.7. The van der Waals surface area contributed by atoms with Crippen LogP contribution in [0.25, 0.3) is 0 Å². The van der Waals surface area contributed by atoms with Crippen molar-refractivity contribution in [3.8, 4) is 17.2 Å². The second kappa shape index (κ2) is 15.0. The Bertz CT molecular complexity index is 1150. The highest BCUT2D eigenvalue weighted by Crippen LogP contribution is 2.28. The minimum atomic E-state index is -1.07. The van der Waals surface area contributed by atoms with Crippen molar-refractivity contribution in [1.82, 2.24) is 10.6 Å². The Hall–Kier alpha value is -4.52. The number of guanidine groups is 1. The summed E-state index contributed by atoms with van der Waals surface area (Å²) in [5, 5.41) is 14.7. The molecular weight excluding hydrogens is 506 g/mol. The zero-order chi connectivity index (χ0) is 28.9. The molecule has 39 heavy (non-hydrogen) atoms. The Morgan fingerprint density at radius 3 is 2.08 bits per heavy atom. The number of hydrogen-bond acceptors (Lipinski definition) is 8. The number of methoxy groups -OCH3 is 2. The highest BCUT2D eigenvalue weighted by Gasteiger charge is 2.27. The summed E-state index contributed by atoms with van der Waals surface area (Å²) in [6.45, 7) is 0.229. The molecule has 13 nitrogen and oxygen atoms in total. The van der Waals surface area contributed by atoms with Gasteiger partial charge in [0.15, 0.2) is 17.5 Å². The van der Waals surface area contributed by atoms with E-state index in [-0.39, 0.29) is 37.5 Å². The molecular formula is C26H37N7O6. The number of ether oxygens (including phenoxy) is 2. The zero-order valence-corrected chi connectivity index (χ0v) is 22.1. The highest BCUT2D eigenvalue weighted by atomic mass is 16.5. The van der Waals surface area contributed by atoms with Gasteiger partial charge >= 0.3 is 0 Å². The van der Waals surface area contributed by atoms with E-state index >= 15 is 0 Å². The molecule has 2 aromatic carbocycles. The van der Waals surface area contributed by atoms with Crippen LogP contribution < -0.4 is 43.0 Å². The topological polar surface area (TPSA) is 230 Å². The number of rotatable bonds is 15. The quantitative estimate of drug-likeness (QED) is 0.0831. The van der Waals surface area contributed by atoms with Gasteiger partial charge in [-0.3, -0.25) is 19.4 Å². The highest BCUT2D eigenvalue weighted by molar-refractivity contribution is 5.92. The first-order chi connectivity index (χ1) is 18.5. The maximum Gasteiger partial charge on any atom is 0.243 e. The molecule has 212 valence electrons. The Morgan fingerprint density at radius 2 is 1.49 bits per heavy atom. The van der Waals surface area contributed by atoms with Gasteiger partial charge in [0.05, 0.1) is 20.3 Å². The van der Waals surface area contributed by atoms with Crippen LogP contribution >= 0.6 is 0 Å². The Morgan fingerprint density at radius 1 is 0.872 bits per heavy atom. The molecule has 0 aromatic heterocycles. The molecule has 0 spiro atoms. The number of hydrogen-bond donors (Lipinski definition) is 7. The fourth-order valence-corrected chi connectivity index (χ4v) is 3.77. The summed E-state index contributed by atoms with van der Waals surface area (Å²) in [5.74, 6) is -0.987. The van der Waals surface area contributed by atoms with Crippen LogP contribution in [0.5, 0.6) is 17.2 Å². The third kappa shape index (κ3) is 10.0. The summed E-state index contributed by atoms with van der Waals surface area (Å²) >= 11 is 0. The van der Waals surface area contributed by atoms with Crippen molar-refractivity contribution >= 4 is 23.7 Å². The number of nitrogens with zero attached hydrogens (tertiary/aromatic N) is 1. The van der Waals surface area contributed by atoms with Gasteiger partial charge in [-0.2, -0.15) is 0 Å². The van der Waals surface area contributed by atoms with Crippen molar-refractivity contribution in [1.29, 1.82) is 0 Å². The Balaban J connectivity index is 2.14. The predicted molar refractivity (Wildman–Crippen MR) is 146 cm³/mol. The number of primary amides is 1. The molecule has 0 aliphatic rings. The molecule has 3 amide bonds. The molecule has 0 aliphatic carbocycles. The van der Waals surface area contributed by atoms with E-state index in [0.717, 1.165) is 5.56 Å². The molecule has 2 rings (SSSR count). The van der Waals surface area contributed by atoms with Gasteiger partial charge in [0.1, 0.15) is 17.8 Å². The van der Waals surface area contributed by atoms with Crippen LogP contribution in [0.1, 0.15) is 24.0 Å². The summed E-state index contributed by atoms with van der Waals surface area (Å²) in [5.41, 5.74) is 23.8. The molecule has 0 saturated carbocycles. The van der Waals surface area contributed by atoms with Crippen LogP contribution in [0.3, 0.4) is 0 Å². The van der Waals surface area contributed by atoms with Gasteiger partial charge < -0.3 is 48.1 Å². The normalized spacial score (nSPS) is 12.9. The Kier molecular flexibility index (Phi) is 11.8. The predicted octanol–water partition coefficient (Wildman–Crippen LogP) is -0.970. The first-order valence-electron chi connectivity index (χ1n) is 12.2. The van der Waals surface area contributed by atoms with E-state index in [1.807, 2.05) is 0 Å². The number of phenols is 1. The summed E-state index contributed by atoms with van der Waals surface area (Å²) in [7, 11) is 2.99. The van der Waals surface area contributed by atoms with Gasteiger partial charge in [0.25, 0.3) is 0 Å². The number of amides is 3. The van der Waals surface area contributed by atoms with E-state index in [4.69, 9.17) is 32.4 Å². The summed E-state index contributed by atoms with van der Waals surface area (Å²) in [4.78, 5) is 42.2. The van der Waals surface area contributed by atoms with Crippen LogP contribution in [0.2, 0.25) is 0 Å². The molecule has 3 atom stereocenters. The van der Waals surface area contributed by atoms with Crippen LogP contribution in [-0.4, -0.2) is 67.7 Å². The number of aromatic hydroxyl groups is 1. The van der Waals surface area contributed by atoms with Crippen molar-refractivity contribution < 1.29 is 29.0 Å². The smallest absolute Gasteiger partial charge is 0.243 e. The van der Waals surface area contributed by atoms with Gasteiger partial charge in [-0.05, 0) is 54.7 Å². The zero-order valence-electron chi connectivity index (χ0n) is 22.1. The molecule has 2 unspecified atom stereocenters. The number of carbonyl (C=O) groups excluding carboxylic acids is 3. The average Bonchev–Trinajstić information content (AvgIpc) is 2.90. The van der Waals surface area contributed by atoms with Crippen LogP contribution in [0, 0.1) is 0 Å². The first-order valence-corrected chi connectivity index (χ1v) is 12.2. The second-order valence-electron chi connectivity index (χ2n) is 8.84. The average molecular weight is 544 g/mol. The van der Waals surface area contributed by atoms with Crippen LogP contribution in [0.4, 0.5) is 0 Å². The van der Waals surface area contributed by atoms with E-state index < -0.39 is 35.8 Å². The molecule has 2 aromatic rings. The standard InChI is InChI=1S/C26H37N7O6/c1-38-21-10-7-16(14-22(21)39-2)13-20(23(28)35)33-25(37)19(4-3-11-31-26(29)30)32-24(36)18(27)12-15-5-8-17(34)9-6-15/h5-10,14,18-20,34H,3-4,11-13,27H2,1-2H3,(H2,28,35)(H,32,36)(H,33,37)(H4,29,30,31)/t18?,19-,20?/m1/s1. The molecule has 11 N–H and O–H groups in total. The number of benzene rings is 2. The van der Waals surface area contributed by atoms with Gasteiger partial charge in [-0.1, -0.05) is 18.2 Å². The fourth-order valence-electron chi connectivity index (χ4n) is 3.77. The van der Waals surface area contributed by atoms with Gasteiger partial charge in [-0.25, -0.2) is 0 Å². The lowest BCUT2D eigenvalue weighted by molar-refractivity contribution is -0.131. The van der Waals surface area contributed by atoms with E-state index in [1.165, 1.54) is 26.4 Å². The molecule has 0 heterocycles. The maximum absolute atomic E-state index is 13.2. The lowest BCUT2D eigenvalue weighted by atomic mass is 10.0. The number of carbonyl (C=O) groups is 3. The van der Waals surface area contributed by atoms with E-state index in [2.05, 4.69) is 15.6 Å². The number of nitrogens with two attached hydrogens (primary N) is 4. The molecule has 0 radical (unpaired) electrons. The minimum Gasteiger partial charge on any atom is -0.508 e. The van der Waals surface area contributed by atoms with Gasteiger partial charge in [0.2, 0.25) is 17.7 Å². The van der Waals surface area contributed by atoms with Crippen LogP contribution in [-0.2, 0) is 27.2 Å². The third-order valence-corrected chi connectivity index (χ3v) is 5.85. The summed E-state index contributed by atoms with van der Waals surface area (Å²) in [6.07, 6.45) is 0.788. The van der Waals surface area contributed by atoms with Gasteiger partial charge in [-0.15, -0.1) is 0 Å². The Labute approximate surface area is 226 Å². The molecule has 0 fully saturated rings. The molecule has 0 bridgehead atoms. The number of phenolic OH excluding ortho intramolecular Hbond substituents is 1. The van der Waals surface area contributed by atoms with E-state index in [1.54, 1.807) is 30.3 Å². The van der Waals surface area contributed by atoms with Crippen molar-refractivity contribution in [3.63, 3.8) is 0 Å². The van der Waals surface area contributed by atoms with E-state index in [9.17, 15) is 19.5 Å². The SMILES string of the molecule is COc1ccc(CC(NC(=O)[C@@H](CCCN=C(N)N)NC(=O)C(N)Cc2ccc(O)cc2)C(N)=O)cc1OC. The number of nitrogens with one attached hydrogen (secondary N) is 2. The number of aliphatic imine (C=N–C) groups is 1. The maximum atomic E-state index is 13.2. The molecule has 0 aliphatic heterocycles. The van der Waals surface area contributed by atoms with Crippen LogP contribution in [0.15, 0.2) is 47.5 Å². The summed E-state index contributed by atoms with van der Waals surface area (Å²) in [6, 6.07) is 8.27. The van der Waals surface area contributed by atoms with Crippen molar-refractivity contribution in [2.24, 2.45) is 27.9 Å². The van der Waals surface area contributed by atoms with E-state index in [0.29, 0.717) is 23.5 Å². The second-order valence-corrected chi connectivity index (χ2v) is 8.84. The lowest BCUT2D eigenvalue weighted by Crippen LogP contribution is -2.56. The largest absolute Gasteiger partial charge is 0.508 e. The molecule has 13 heteroatoms. The van der Waals surface area contributed by atoms with Crippen molar-refractivity contribution in [2.45, 2.75) is 43.8 Å². The summed E-state index contributed by atoms with van der Waals surface area (Å²) < 4.78 is 10.5. The molecule has 0 saturated heterocycles. The minimum absolute atomic E-state index is 0.0798. The van der Waals surface area contributed by atoms with Gasteiger partial charge in [0, 0.05) is 13.0 Å². The fraction of sp³-hybridized carbons (Fsp3) is 0.385. The third-order valence-electron chi connectivity index (χ3n) is 5.85. The monoisotopic (exact) mass is 543 g/mol.